The van der Waals surface area contributed by atoms with Gasteiger partial charge in [0.15, 0.2) is 5.58 Å². The van der Waals surface area contributed by atoms with Crippen molar-refractivity contribution in [3.8, 4) is 0 Å². The first-order chi connectivity index (χ1) is 10.8. The molecule has 5 rings (SSSR count). The van der Waals surface area contributed by atoms with Crippen molar-refractivity contribution < 1.29 is 4.42 Å². The Morgan fingerprint density at radius 2 is 2.23 bits per heavy atom. The lowest BCUT2D eigenvalue weighted by molar-refractivity contribution is 0.610. The Kier molecular flexibility index (Phi) is 2.18. The molecular formula is C19H18N2O. The molecule has 4 aromatic rings. The van der Waals surface area contributed by atoms with Crippen molar-refractivity contribution in [1.82, 2.24) is 9.38 Å². The molecule has 3 aromatic heterocycles. The minimum atomic E-state index is 0.312. The van der Waals surface area contributed by atoms with Crippen molar-refractivity contribution in [3.63, 3.8) is 0 Å². The Bertz CT molecular complexity index is 1020. The topological polar surface area (TPSA) is 30.4 Å². The zero-order valence-corrected chi connectivity index (χ0v) is 12.8. The molecule has 0 amide bonds. The van der Waals surface area contributed by atoms with Gasteiger partial charge in [-0.05, 0) is 29.7 Å². The molecule has 1 fully saturated rings. The third-order valence-electron chi connectivity index (χ3n) is 5.70. The number of fused-ring (bicyclic) bond motifs is 6. The Hall–Kier alpha value is -2.29. The summed E-state index contributed by atoms with van der Waals surface area (Å²) in [4.78, 5) is 4.66. The number of rotatable bonds is 2. The number of imidazole rings is 1. The highest BCUT2D eigenvalue weighted by molar-refractivity contribution is 6.11. The molecule has 3 heteroatoms. The maximum atomic E-state index is 5.81. The average molecular weight is 290 g/mol. The van der Waals surface area contributed by atoms with Crippen LogP contribution in [0, 0.1) is 5.92 Å². The second-order valence-electron chi connectivity index (χ2n) is 6.60. The Balaban J connectivity index is 2.03. The second kappa shape index (κ2) is 3.92. The molecule has 0 bridgehead atoms. The van der Waals surface area contributed by atoms with E-state index < -0.39 is 0 Å². The van der Waals surface area contributed by atoms with E-state index in [9.17, 15) is 0 Å². The molecule has 3 nitrogen and oxygen atoms in total. The molecular weight excluding hydrogens is 272 g/mol. The monoisotopic (exact) mass is 290 g/mol. The SMILES string of the molecule is CCC1(c2cccc3c4occc4n4ccnc4c23)CC1C. The van der Waals surface area contributed by atoms with Crippen LogP contribution >= 0.6 is 0 Å². The van der Waals surface area contributed by atoms with E-state index in [2.05, 4.69) is 41.4 Å². The molecule has 0 saturated heterocycles. The van der Waals surface area contributed by atoms with E-state index >= 15 is 0 Å². The number of nitrogens with zero attached hydrogens (tertiary/aromatic N) is 2. The molecule has 1 aromatic carbocycles. The van der Waals surface area contributed by atoms with Crippen LogP contribution in [0.2, 0.25) is 0 Å². The van der Waals surface area contributed by atoms with Crippen LogP contribution in [0.1, 0.15) is 32.3 Å². The fourth-order valence-corrected chi connectivity index (χ4v) is 4.32. The highest BCUT2D eigenvalue weighted by atomic mass is 16.3. The molecule has 0 spiro atoms. The van der Waals surface area contributed by atoms with E-state index in [1.165, 1.54) is 29.2 Å². The van der Waals surface area contributed by atoms with E-state index in [1.807, 2.05) is 18.5 Å². The van der Waals surface area contributed by atoms with E-state index in [0.717, 1.165) is 22.7 Å². The zero-order chi connectivity index (χ0) is 14.9. The van der Waals surface area contributed by atoms with Crippen LogP contribution in [0.25, 0.3) is 27.5 Å². The van der Waals surface area contributed by atoms with Crippen molar-refractivity contribution >= 4 is 27.5 Å². The first-order valence-electron chi connectivity index (χ1n) is 8.01. The van der Waals surface area contributed by atoms with E-state index in [0.29, 0.717) is 5.41 Å². The van der Waals surface area contributed by atoms with Gasteiger partial charge in [-0.3, -0.25) is 4.40 Å². The normalized spacial score (nSPS) is 24.5. The van der Waals surface area contributed by atoms with Crippen LogP contribution < -0.4 is 0 Å². The minimum Gasteiger partial charge on any atom is -0.462 e. The van der Waals surface area contributed by atoms with Gasteiger partial charge in [-0.1, -0.05) is 32.0 Å². The third-order valence-corrected chi connectivity index (χ3v) is 5.70. The number of pyridine rings is 1. The summed E-state index contributed by atoms with van der Waals surface area (Å²) < 4.78 is 7.96. The Morgan fingerprint density at radius 3 is 3.00 bits per heavy atom. The third kappa shape index (κ3) is 1.30. The van der Waals surface area contributed by atoms with Gasteiger partial charge in [-0.2, -0.15) is 0 Å². The Labute approximate surface area is 128 Å². The number of aromatic nitrogens is 2. The summed E-state index contributed by atoms with van der Waals surface area (Å²) in [5.41, 5.74) is 4.85. The first-order valence-corrected chi connectivity index (χ1v) is 8.01. The Morgan fingerprint density at radius 1 is 1.36 bits per heavy atom. The van der Waals surface area contributed by atoms with Crippen molar-refractivity contribution in [2.24, 2.45) is 5.92 Å². The molecule has 1 aliphatic rings. The van der Waals surface area contributed by atoms with Crippen molar-refractivity contribution in [1.29, 1.82) is 0 Å². The minimum absolute atomic E-state index is 0.312. The lowest BCUT2D eigenvalue weighted by atomic mass is 9.87. The fourth-order valence-electron chi connectivity index (χ4n) is 4.32. The summed E-state index contributed by atoms with van der Waals surface area (Å²) in [7, 11) is 0. The summed E-state index contributed by atoms with van der Waals surface area (Å²) in [6.45, 7) is 4.66. The molecule has 2 atom stereocenters. The molecule has 0 aliphatic heterocycles. The van der Waals surface area contributed by atoms with Gasteiger partial charge < -0.3 is 4.42 Å². The van der Waals surface area contributed by atoms with E-state index in [1.54, 1.807) is 6.26 Å². The van der Waals surface area contributed by atoms with Gasteiger partial charge >= 0.3 is 0 Å². The van der Waals surface area contributed by atoms with Crippen LogP contribution in [0.3, 0.4) is 0 Å². The summed E-state index contributed by atoms with van der Waals surface area (Å²) in [5.74, 6) is 0.741. The van der Waals surface area contributed by atoms with Gasteiger partial charge in [0.25, 0.3) is 0 Å². The predicted molar refractivity (Wildman–Crippen MR) is 88.2 cm³/mol. The van der Waals surface area contributed by atoms with E-state index in [4.69, 9.17) is 4.42 Å². The lowest BCUT2D eigenvalue weighted by Crippen LogP contribution is -2.09. The lowest BCUT2D eigenvalue weighted by Gasteiger charge is -2.18. The maximum Gasteiger partial charge on any atom is 0.158 e. The van der Waals surface area contributed by atoms with Crippen LogP contribution in [-0.2, 0) is 5.41 Å². The highest BCUT2D eigenvalue weighted by Gasteiger charge is 2.51. The van der Waals surface area contributed by atoms with E-state index in [-0.39, 0.29) is 0 Å². The zero-order valence-electron chi connectivity index (χ0n) is 12.8. The van der Waals surface area contributed by atoms with Crippen LogP contribution in [0.4, 0.5) is 0 Å². The van der Waals surface area contributed by atoms with Gasteiger partial charge in [0, 0.05) is 29.2 Å². The van der Waals surface area contributed by atoms with Crippen LogP contribution in [0.5, 0.6) is 0 Å². The van der Waals surface area contributed by atoms with Crippen molar-refractivity contribution in [2.45, 2.75) is 32.1 Å². The van der Waals surface area contributed by atoms with Gasteiger partial charge in [0.2, 0.25) is 0 Å². The number of hydrogen-bond donors (Lipinski definition) is 0. The quantitative estimate of drug-likeness (QED) is 0.524. The van der Waals surface area contributed by atoms with Gasteiger partial charge in [0.05, 0.1) is 11.8 Å². The molecule has 110 valence electrons. The summed E-state index contributed by atoms with van der Waals surface area (Å²) in [6, 6.07) is 8.64. The number of hydrogen-bond acceptors (Lipinski definition) is 2. The van der Waals surface area contributed by atoms with Gasteiger partial charge in [-0.25, -0.2) is 4.98 Å². The van der Waals surface area contributed by atoms with Gasteiger partial charge in [-0.15, -0.1) is 0 Å². The van der Waals surface area contributed by atoms with Gasteiger partial charge in [0.1, 0.15) is 5.65 Å². The summed E-state index contributed by atoms with van der Waals surface area (Å²) >= 11 is 0. The summed E-state index contributed by atoms with van der Waals surface area (Å²) in [6.07, 6.45) is 8.12. The smallest absolute Gasteiger partial charge is 0.158 e. The van der Waals surface area contributed by atoms with Crippen LogP contribution in [-0.4, -0.2) is 9.38 Å². The first kappa shape index (κ1) is 12.3. The number of furan rings is 1. The summed E-state index contributed by atoms with van der Waals surface area (Å²) in [5, 5.41) is 2.45. The average Bonchev–Trinajstić information content (AvgIpc) is 2.95. The molecule has 2 unspecified atom stereocenters. The molecule has 0 N–H and O–H groups in total. The molecule has 1 aliphatic carbocycles. The standard InChI is InChI=1S/C19H18N2O/c1-3-19(11-12(19)2)14-6-4-5-13-16(14)18-20-8-9-21(18)15-7-10-22-17(13)15/h4-10,12H,3,11H2,1-2H3. The largest absolute Gasteiger partial charge is 0.462 e. The molecule has 22 heavy (non-hydrogen) atoms. The van der Waals surface area contributed by atoms with Crippen molar-refractivity contribution in [2.75, 3.05) is 0 Å². The molecule has 0 radical (unpaired) electrons. The molecule has 1 saturated carbocycles. The highest BCUT2D eigenvalue weighted by Crippen LogP contribution is 2.58. The second-order valence-corrected chi connectivity index (χ2v) is 6.60. The fraction of sp³-hybridized carbons (Fsp3) is 0.316. The van der Waals surface area contributed by atoms with Crippen molar-refractivity contribution in [3.05, 3.63) is 48.5 Å². The predicted octanol–water partition coefficient (Wildman–Crippen LogP) is 4.92. The maximum absolute atomic E-state index is 5.81. The number of benzene rings is 1. The molecule has 3 heterocycles. The van der Waals surface area contributed by atoms with Crippen LogP contribution in [0.15, 0.2) is 47.3 Å².